The highest BCUT2D eigenvalue weighted by Gasteiger charge is 2.17. The minimum absolute atomic E-state index is 0.0442. The molecule has 0 aromatic heterocycles. The van der Waals surface area contributed by atoms with E-state index in [1.165, 1.54) is 5.69 Å². The molecule has 1 atom stereocenters. The average Bonchev–Trinajstić information content (AvgIpc) is 3.27. The molecule has 2 aliphatic heterocycles. The summed E-state index contributed by atoms with van der Waals surface area (Å²) >= 11 is 0. The minimum atomic E-state index is -0.0442. The molecular weight excluding hydrogens is 340 g/mol. The number of hydrogen-bond acceptors (Lipinski definition) is 4. The third kappa shape index (κ3) is 4.49. The summed E-state index contributed by atoms with van der Waals surface area (Å²) in [5, 5.41) is 2.99. The summed E-state index contributed by atoms with van der Waals surface area (Å²) in [6, 6.07) is 16.3. The number of rotatable bonds is 5. The Morgan fingerprint density at radius 3 is 2.59 bits per heavy atom. The van der Waals surface area contributed by atoms with Crippen LogP contribution in [0.25, 0.3) is 11.1 Å². The van der Waals surface area contributed by atoms with Gasteiger partial charge in [0.2, 0.25) is 0 Å². The molecule has 0 spiro atoms. The number of carbonyl (C=O) groups is 1. The largest absolute Gasteiger partial charge is 0.378 e. The van der Waals surface area contributed by atoms with E-state index in [-0.39, 0.29) is 12.0 Å². The van der Waals surface area contributed by atoms with Gasteiger partial charge in [0, 0.05) is 37.5 Å². The monoisotopic (exact) mass is 366 g/mol. The first-order valence-electron chi connectivity index (χ1n) is 9.72. The Hall–Kier alpha value is -2.37. The normalized spacial score (nSPS) is 19.9. The van der Waals surface area contributed by atoms with Crippen LogP contribution in [0, 0.1) is 0 Å². The van der Waals surface area contributed by atoms with Crippen molar-refractivity contribution in [3.63, 3.8) is 0 Å². The molecule has 4 rings (SSSR count). The molecule has 1 N–H and O–H groups in total. The lowest BCUT2D eigenvalue weighted by molar-refractivity contribution is 0.0858. The van der Waals surface area contributed by atoms with Gasteiger partial charge in [-0.3, -0.25) is 4.79 Å². The van der Waals surface area contributed by atoms with Crippen LogP contribution in [-0.4, -0.2) is 51.5 Å². The van der Waals surface area contributed by atoms with Crippen LogP contribution in [0.1, 0.15) is 23.2 Å². The van der Waals surface area contributed by atoms with Crippen molar-refractivity contribution in [3.05, 3.63) is 54.1 Å². The number of nitrogens with one attached hydrogen (secondary N) is 1. The van der Waals surface area contributed by atoms with Crippen molar-refractivity contribution in [1.29, 1.82) is 0 Å². The zero-order valence-corrected chi connectivity index (χ0v) is 15.5. The third-order valence-electron chi connectivity index (χ3n) is 5.22. The van der Waals surface area contributed by atoms with Gasteiger partial charge in [0.1, 0.15) is 0 Å². The van der Waals surface area contributed by atoms with E-state index in [4.69, 9.17) is 9.47 Å². The molecule has 0 radical (unpaired) electrons. The lowest BCUT2D eigenvalue weighted by atomic mass is 10.0. The number of ether oxygens (including phenoxy) is 2. The molecule has 0 aliphatic carbocycles. The molecule has 2 aliphatic rings. The summed E-state index contributed by atoms with van der Waals surface area (Å²) in [5.74, 6) is -0.0442. The van der Waals surface area contributed by atoms with Gasteiger partial charge in [0.05, 0.1) is 19.3 Å². The Kier molecular flexibility index (Phi) is 5.70. The second-order valence-corrected chi connectivity index (χ2v) is 7.07. The van der Waals surface area contributed by atoms with Gasteiger partial charge in [-0.25, -0.2) is 0 Å². The van der Waals surface area contributed by atoms with E-state index in [9.17, 15) is 4.79 Å². The van der Waals surface area contributed by atoms with E-state index in [0.29, 0.717) is 12.1 Å². The molecule has 0 bridgehead atoms. The van der Waals surface area contributed by atoms with Gasteiger partial charge in [-0.05, 0) is 48.2 Å². The van der Waals surface area contributed by atoms with E-state index in [1.807, 2.05) is 24.3 Å². The summed E-state index contributed by atoms with van der Waals surface area (Å²) < 4.78 is 11.0. The molecule has 2 aromatic carbocycles. The second-order valence-electron chi connectivity index (χ2n) is 7.07. The number of anilines is 1. The fourth-order valence-corrected chi connectivity index (χ4v) is 3.64. The number of hydrogen-bond donors (Lipinski definition) is 1. The van der Waals surface area contributed by atoms with Crippen LogP contribution >= 0.6 is 0 Å². The van der Waals surface area contributed by atoms with Crippen LogP contribution < -0.4 is 10.2 Å². The predicted octanol–water partition coefficient (Wildman–Crippen LogP) is 3.10. The molecule has 0 saturated carbocycles. The zero-order valence-electron chi connectivity index (χ0n) is 15.5. The minimum Gasteiger partial charge on any atom is -0.378 e. The van der Waals surface area contributed by atoms with Gasteiger partial charge < -0.3 is 19.7 Å². The number of benzene rings is 2. The third-order valence-corrected chi connectivity index (χ3v) is 5.22. The first-order chi connectivity index (χ1) is 13.3. The first kappa shape index (κ1) is 18.0. The van der Waals surface area contributed by atoms with Crippen molar-refractivity contribution in [1.82, 2.24) is 5.32 Å². The average molecular weight is 366 g/mol. The highest BCUT2D eigenvalue weighted by molar-refractivity contribution is 5.95. The van der Waals surface area contributed by atoms with Crippen molar-refractivity contribution in [2.75, 3.05) is 44.4 Å². The second kappa shape index (κ2) is 8.55. The highest BCUT2D eigenvalue weighted by atomic mass is 16.5. The fourth-order valence-electron chi connectivity index (χ4n) is 3.64. The van der Waals surface area contributed by atoms with Crippen LogP contribution in [0.2, 0.25) is 0 Å². The number of nitrogens with zero attached hydrogens (tertiary/aromatic N) is 1. The van der Waals surface area contributed by atoms with E-state index in [1.54, 1.807) is 0 Å². The zero-order chi connectivity index (χ0) is 18.5. The molecule has 2 saturated heterocycles. The smallest absolute Gasteiger partial charge is 0.251 e. The van der Waals surface area contributed by atoms with Crippen LogP contribution in [0.5, 0.6) is 0 Å². The Labute approximate surface area is 160 Å². The summed E-state index contributed by atoms with van der Waals surface area (Å²) in [5.41, 5.74) is 4.06. The van der Waals surface area contributed by atoms with Crippen molar-refractivity contribution in [2.45, 2.75) is 18.9 Å². The number of amides is 1. The lowest BCUT2D eigenvalue weighted by Gasteiger charge is -2.28. The molecule has 27 heavy (non-hydrogen) atoms. The molecule has 5 nitrogen and oxygen atoms in total. The maximum atomic E-state index is 12.5. The summed E-state index contributed by atoms with van der Waals surface area (Å²) in [4.78, 5) is 14.8. The molecule has 2 heterocycles. The van der Waals surface area contributed by atoms with Crippen molar-refractivity contribution < 1.29 is 14.3 Å². The Morgan fingerprint density at radius 1 is 1.04 bits per heavy atom. The highest BCUT2D eigenvalue weighted by Crippen LogP contribution is 2.24. The topological polar surface area (TPSA) is 50.8 Å². The summed E-state index contributed by atoms with van der Waals surface area (Å²) in [6.07, 6.45) is 2.26. The Bertz CT molecular complexity index is 763. The maximum Gasteiger partial charge on any atom is 0.251 e. The predicted molar refractivity (Wildman–Crippen MR) is 106 cm³/mol. The van der Waals surface area contributed by atoms with Crippen molar-refractivity contribution in [3.8, 4) is 11.1 Å². The molecule has 1 amide bonds. The quantitative estimate of drug-likeness (QED) is 0.883. The van der Waals surface area contributed by atoms with Crippen LogP contribution in [0.4, 0.5) is 5.69 Å². The molecule has 142 valence electrons. The van der Waals surface area contributed by atoms with E-state index in [0.717, 1.165) is 56.9 Å². The van der Waals surface area contributed by atoms with E-state index in [2.05, 4.69) is 34.5 Å². The van der Waals surface area contributed by atoms with Crippen LogP contribution in [0.3, 0.4) is 0 Å². The van der Waals surface area contributed by atoms with Crippen LogP contribution in [-0.2, 0) is 9.47 Å². The van der Waals surface area contributed by atoms with Gasteiger partial charge in [0.15, 0.2) is 0 Å². The van der Waals surface area contributed by atoms with E-state index >= 15 is 0 Å². The molecular formula is C22H26N2O3. The van der Waals surface area contributed by atoms with Gasteiger partial charge in [-0.15, -0.1) is 0 Å². The first-order valence-corrected chi connectivity index (χ1v) is 9.72. The number of carbonyl (C=O) groups excluding carboxylic acids is 1. The Balaban J connectivity index is 1.42. The van der Waals surface area contributed by atoms with Crippen molar-refractivity contribution in [2.24, 2.45) is 0 Å². The van der Waals surface area contributed by atoms with Crippen LogP contribution in [0.15, 0.2) is 48.5 Å². The summed E-state index contributed by atoms with van der Waals surface area (Å²) in [6.45, 7) is 4.81. The molecule has 1 unspecified atom stereocenters. The maximum absolute atomic E-state index is 12.5. The summed E-state index contributed by atoms with van der Waals surface area (Å²) in [7, 11) is 0. The Morgan fingerprint density at radius 2 is 1.85 bits per heavy atom. The standard InChI is InChI=1S/C22H26N2O3/c25-22(23-16-21-5-2-12-27-21)19-4-1-3-18(15-19)17-6-8-20(9-7-17)24-10-13-26-14-11-24/h1,3-4,6-9,15,21H,2,5,10-14,16H2,(H,23,25). The SMILES string of the molecule is O=C(NCC1CCCO1)c1cccc(-c2ccc(N3CCOCC3)cc2)c1. The van der Waals surface area contributed by atoms with Crippen molar-refractivity contribution >= 4 is 11.6 Å². The van der Waals surface area contributed by atoms with Gasteiger partial charge in [0.25, 0.3) is 5.91 Å². The number of morpholine rings is 1. The lowest BCUT2D eigenvalue weighted by Crippen LogP contribution is -2.36. The molecule has 2 fully saturated rings. The van der Waals surface area contributed by atoms with Gasteiger partial charge in [-0.2, -0.15) is 0 Å². The van der Waals surface area contributed by atoms with E-state index < -0.39 is 0 Å². The molecule has 5 heteroatoms. The van der Waals surface area contributed by atoms with Gasteiger partial charge in [-0.1, -0.05) is 24.3 Å². The van der Waals surface area contributed by atoms with Gasteiger partial charge >= 0.3 is 0 Å². The molecule has 2 aromatic rings. The fraction of sp³-hybridized carbons (Fsp3) is 0.409.